The Morgan fingerprint density at radius 1 is 1.24 bits per heavy atom. The number of nitrogens with one attached hydrogen (secondary N) is 1. The van der Waals surface area contributed by atoms with Gasteiger partial charge in [-0.3, -0.25) is 4.68 Å². The van der Waals surface area contributed by atoms with Crippen molar-refractivity contribution in [3.8, 4) is 0 Å². The summed E-state index contributed by atoms with van der Waals surface area (Å²) < 4.78 is 15.0. The molecule has 2 aromatic rings. The fraction of sp³-hybridized carbons (Fsp3) is 0.471. The van der Waals surface area contributed by atoms with Gasteiger partial charge in [0.1, 0.15) is 5.82 Å². The van der Waals surface area contributed by atoms with E-state index >= 15 is 0 Å². The van der Waals surface area contributed by atoms with Crippen LogP contribution in [0.2, 0.25) is 0 Å². The third kappa shape index (κ3) is 4.14. The first-order valence-corrected chi connectivity index (χ1v) is 7.61. The van der Waals surface area contributed by atoms with Crippen LogP contribution in [0.1, 0.15) is 49.9 Å². The molecule has 1 heterocycles. The Morgan fingerprint density at radius 3 is 2.57 bits per heavy atom. The summed E-state index contributed by atoms with van der Waals surface area (Å²) >= 11 is 0. The van der Waals surface area contributed by atoms with Crippen LogP contribution >= 0.6 is 0 Å². The summed E-state index contributed by atoms with van der Waals surface area (Å²) in [5, 5.41) is 7.95. The molecule has 0 saturated heterocycles. The Balaban J connectivity index is 2.16. The minimum Gasteiger partial charge on any atom is -0.313 e. The second-order valence-electron chi connectivity index (χ2n) is 5.67. The van der Waals surface area contributed by atoms with E-state index in [1.165, 1.54) is 23.4 Å². The topological polar surface area (TPSA) is 29.9 Å². The van der Waals surface area contributed by atoms with Crippen LogP contribution in [0.4, 0.5) is 4.39 Å². The van der Waals surface area contributed by atoms with Gasteiger partial charge in [-0.1, -0.05) is 32.9 Å². The number of hydrogen-bond donors (Lipinski definition) is 1. The molecule has 2 rings (SSSR count). The molecule has 21 heavy (non-hydrogen) atoms. The van der Waals surface area contributed by atoms with E-state index in [-0.39, 0.29) is 5.82 Å². The molecule has 0 spiro atoms. The van der Waals surface area contributed by atoms with Gasteiger partial charge in [0.05, 0.1) is 12.7 Å². The zero-order valence-corrected chi connectivity index (χ0v) is 13.1. The highest BCUT2D eigenvalue weighted by atomic mass is 19.1. The van der Waals surface area contributed by atoms with Crippen LogP contribution < -0.4 is 5.32 Å². The lowest BCUT2D eigenvalue weighted by atomic mass is 10.1. The maximum atomic E-state index is 13.0. The quantitative estimate of drug-likeness (QED) is 0.788. The summed E-state index contributed by atoms with van der Waals surface area (Å²) in [6, 6.07) is 6.63. The number of halogens is 1. The standard InChI is InChI=1S/C17H24FN3/c1-4-9-19-10-15-11-20-21(17(15)13(2)3)12-14-5-7-16(18)8-6-14/h5-8,11,13,19H,4,9-10,12H2,1-3H3. The van der Waals surface area contributed by atoms with Gasteiger partial charge in [-0.15, -0.1) is 0 Å². The average Bonchev–Trinajstić information content (AvgIpc) is 2.85. The summed E-state index contributed by atoms with van der Waals surface area (Å²) in [7, 11) is 0. The zero-order valence-electron chi connectivity index (χ0n) is 13.1. The normalized spacial score (nSPS) is 11.3. The van der Waals surface area contributed by atoms with Crippen molar-refractivity contribution in [1.82, 2.24) is 15.1 Å². The maximum Gasteiger partial charge on any atom is 0.123 e. The lowest BCUT2D eigenvalue weighted by molar-refractivity contribution is 0.601. The second-order valence-corrected chi connectivity index (χ2v) is 5.67. The Morgan fingerprint density at radius 2 is 1.95 bits per heavy atom. The molecule has 0 bridgehead atoms. The number of hydrogen-bond acceptors (Lipinski definition) is 2. The van der Waals surface area contributed by atoms with Gasteiger partial charge in [0.2, 0.25) is 0 Å². The summed E-state index contributed by atoms with van der Waals surface area (Å²) in [4.78, 5) is 0. The van der Waals surface area contributed by atoms with Crippen molar-refractivity contribution in [3.05, 3.63) is 53.1 Å². The first kappa shape index (κ1) is 15.7. The largest absolute Gasteiger partial charge is 0.313 e. The van der Waals surface area contributed by atoms with Crippen LogP contribution in [0.25, 0.3) is 0 Å². The highest BCUT2D eigenvalue weighted by Crippen LogP contribution is 2.20. The first-order chi connectivity index (χ1) is 10.1. The third-order valence-corrected chi connectivity index (χ3v) is 3.49. The number of aromatic nitrogens is 2. The minimum absolute atomic E-state index is 0.201. The second kappa shape index (κ2) is 7.36. The van der Waals surface area contributed by atoms with Crippen molar-refractivity contribution in [3.63, 3.8) is 0 Å². The molecule has 0 aliphatic heterocycles. The average molecular weight is 289 g/mol. The van der Waals surface area contributed by atoms with E-state index in [0.717, 1.165) is 25.1 Å². The molecular weight excluding hydrogens is 265 g/mol. The number of nitrogens with zero attached hydrogens (tertiary/aromatic N) is 2. The molecule has 1 aromatic carbocycles. The molecule has 1 aromatic heterocycles. The van der Waals surface area contributed by atoms with E-state index in [0.29, 0.717) is 12.5 Å². The maximum absolute atomic E-state index is 13.0. The first-order valence-electron chi connectivity index (χ1n) is 7.61. The number of benzene rings is 1. The van der Waals surface area contributed by atoms with Crippen molar-refractivity contribution in [1.29, 1.82) is 0 Å². The molecule has 0 fully saturated rings. The Bertz CT molecular complexity index is 558. The van der Waals surface area contributed by atoms with Gasteiger partial charge in [0.25, 0.3) is 0 Å². The molecule has 114 valence electrons. The predicted molar refractivity (Wildman–Crippen MR) is 83.8 cm³/mol. The Kier molecular flexibility index (Phi) is 5.51. The summed E-state index contributed by atoms with van der Waals surface area (Å²) in [5.74, 6) is 0.208. The van der Waals surface area contributed by atoms with Gasteiger partial charge in [0.15, 0.2) is 0 Å². The van der Waals surface area contributed by atoms with Crippen LogP contribution in [0.3, 0.4) is 0 Å². The van der Waals surface area contributed by atoms with Crippen LogP contribution in [0, 0.1) is 5.82 Å². The van der Waals surface area contributed by atoms with Crippen LogP contribution in [0.5, 0.6) is 0 Å². The minimum atomic E-state index is -0.201. The fourth-order valence-electron chi connectivity index (χ4n) is 2.53. The van der Waals surface area contributed by atoms with E-state index in [4.69, 9.17) is 0 Å². The van der Waals surface area contributed by atoms with E-state index in [1.54, 1.807) is 0 Å². The zero-order chi connectivity index (χ0) is 15.2. The number of rotatable bonds is 7. The summed E-state index contributed by atoms with van der Waals surface area (Å²) in [5.41, 5.74) is 3.57. The third-order valence-electron chi connectivity index (χ3n) is 3.49. The summed E-state index contributed by atoms with van der Waals surface area (Å²) in [6.07, 6.45) is 3.07. The molecule has 1 N–H and O–H groups in total. The molecule has 0 atom stereocenters. The van der Waals surface area contributed by atoms with Crippen molar-refractivity contribution in [2.24, 2.45) is 0 Å². The molecule has 0 aliphatic rings. The SMILES string of the molecule is CCCNCc1cnn(Cc2ccc(F)cc2)c1C(C)C. The van der Waals surface area contributed by atoms with Gasteiger partial charge in [-0.25, -0.2) is 4.39 Å². The van der Waals surface area contributed by atoms with Crippen molar-refractivity contribution in [2.75, 3.05) is 6.54 Å². The molecule has 0 amide bonds. The van der Waals surface area contributed by atoms with E-state index < -0.39 is 0 Å². The highest BCUT2D eigenvalue weighted by Gasteiger charge is 2.14. The smallest absolute Gasteiger partial charge is 0.123 e. The van der Waals surface area contributed by atoms with E-state index in [9.17, 15) is 4.39 Å². The van der Waals surface area contributed by atoms with Crippen LogP contribution in [0.15, 0.2) is 30.5 Å². The molecule has 4 heteroatoms. The molecule has 0 aliphatic carbocycles. The molecule has 0 radical (unpaired) electrons. The van der Waals surface area contributed by atoms with Gasteiger partial charge < -0.3 is 5.32 Å². The molecular formula is C17H24FN3. The Labute approximate surface area is 126 Å². The van der Waals surface area contributed by atoms with Gasteiger partial charge >= 0.3 is 0 Å². The van der Waals surface area contributed by atoms with Gasteiger partial charge in [-0.2, -0.15) is 5.10 Å². The van der Waals surface area contributed by atoms with Crippen LogP contribution in [-0.4, -0.2) is 16.3 Å². The van der Waals surface area contributed by atoms with Gasteiger partial charge in [-0.05, 0) is 36.6 Å². The van der Waals surface area contributed by atoms with Crippen LogP contribution in [-0.2, 0) is 13.1 Å². The van der Waals surface area contributed by atoms with Gasteiger partial charge in [0, 0.05) is 17.8 Å². The lowest BCUT2D eigenvalue weighted by Crippen LogP contribution is -2.16. The van der Waals surface area contributed by atoms with E-state index in [1.807, 2.05) is 23.0 Å². The molecule has 0 saturated carbocycles. The lowest BCUT2D eigenvalue weighted by Gasteiger charge is -2.13. The monoisotopic (exact) mass is 289 g/mol. The predicted octanol–water partition coefficient (Wildman–Crippen LogP) is 3.69. The van der Waals surface area contributed by atoms with Crippen molar-refractivity contribution in [2.45, 2.75) is 46.2 Å². The fourth-order valence-corrected chi connectivity index (χ4v) is 2.53. The van der Waals surface area contributed by atoms with E-state index in [2.05, 4.69) is 31.2 Å². The highest BCUT2D eigenvalue weighted by molar-refractivity contribution is 5.23. The molecule has 3 nitrogen and oxygen atoms in total. The Hall–Kier alpha value is -1.68. The molecule has 0 unspecified atom stereocenters. The van der Waals surface area contributed by atoms with Crippen molar-refractivity contribution >= 4 is 0 Å². The van der Waals surface area contributed by atoms with Crippen molar-refractivity contribution < 1.29 is 4.39 Å². The summed E-state index contributed by atoms with van der Waals surface area (Å²) in [6.45, 7) is 9.07.